The van der Waals surface area contributed by atoms with Gasteiger partial charge in [0.25, 0.3) is 0 Å². The van der Waals surface area contributed by atoms with Crippen LogP contribution in [0.3, 0.4) is 0 Å². The van der Waals surface area contributed by atoms with E-state index in [1.165, 1.54) is 16.4 Å². The molecule has 0 bridgehead atoms. The van der Waals surface area contributed by atoms with Crippen LogP contribution in [-0.4, -0.2) is 26.5 Å². The lowest BCUT2D eigenvalue weighted by atomic mass is 10.0. The number of carbonyl (C=O) groups excluding carboxylic acids is 1. The van der Waals surface area contributed by atoms with Gasteiger partial charge in [0.05, 0.1) is 0 Å². The number of nitrogens with zero attached hydrogens (tertiary/aromatic N) is 3. The molecule has 1 aromatic heterocycles. The molecule has 0 fully saturated rings. The third-order valence-electron chi connectivity index (χ3n) is 4.88. The molecule has 170 valence electrons. The first-order chi connectivity index (χ1) is 15.3. The minimum Gasteiger partial charge on any atom is -0.485 e. The van der Waals surface area contributed by atoms with Gasteiger partial charge in [-0.15, -0.1) is 10.2 Å². The Morgan fingerprint density at radius 2 is 2.03 bits per heavy atom. The fourth-order valence-corrected chi connectivity index (χ4v) is 4.06. The molecule has 0 aliphatic rings. The molecule has 0 saturated carbocycles. The molecule has 0 radical (unpaired) electrons. The Balaban J connectivity index is 1.48. The summed E-state index contributed by atoms with van der Waals surface area (Å²) in [4.78, 5) is 12.1. The second kappa shape index (κ2) is 11.2. The molecule has 3 rings (SSSR count). The number of hydrogen-bond acceptors (Lipinski definition) is 6. The van der Waals surface area contributed by atoms with Crippen LogP contribution in [-0.2, 0) is 17.9 Å². The van der Waals surface area contributed by atoms with Gasteiger partial charge in [0.15, 0.2) is 5.82 Å². The summed E-state index contributed by atoms with van der Waals surface area (Å²) in [6.07, 6.45) is 0.328. The molecular weight excluding hydrogens is 446 g/mol. The number of nitrogen functional groups attached to an aromatic ring is 1. The van der Waals surface area contributed by atoms with Gasteiger partial charge in [0, 0.05) is 23.7 Å². The molecule has 0 spiro atoms. The van der Waals surface area contributed by atoms with Crippen LogP contribution < -0.4 is 15.9 Å². The van der Waals surface area contributed by atoms with E-state index in [1.54, 1.807) is 6.07 Å². The number of halogens is 1. The average molecular weight is 474 g/mol. The largest absolute Gasteiger partial charge is 0.485 e. The first kappa shape index (κ1) is 23.9. The van der Waals surface area contributed by atoms with Crippen molar-refractivity contribution in [3.63, 3.8) is 0 Å². The topological polar surface area (TPSA) is 95.1 Å². The fourth-order valence-electron chi connectivity index (χ4n) is 3.05. The van der Waals surface area contributed by atoms with Crippen LogP contribution in [0.2, 0.25) is 5.02 Å². The van der Waals surface area contributed by atoms with E-state index in [1.807, 2.05) is 31.2 Å². The Kier molecular flexibility index (Phi) is 8.41. The highest BCUT2D eigenvalue weighted by Gasteiger charge is 2.14. The number of rotatable bonds is 10. The van der Waals surface area contributed by atoms with Gasteiger partial charge in [-0.3, -0.25) is 4.79 Å². The van der Waals surface area contributed by atoms with Crippen molar-refractivity contribution >= 4 is 29.3 Å². The summed E-state index contributed by atoms with van der Waals surface area (Å²) < 4.78 is 7.41. The fraction of sp³-hybridized carbons (Fsp3) is 0.348. The Morgan fingerprint density at radius 3 is 2.78 bits per heavy atom. The number of carbonyl (C=O) groups is 1. The SMILES string of the molecule is Cc1ccc(C(C)C)c(OCc2nnc(SCCC(=O)NCc3ccccc3Cl)n2N)c1. The number of hydrogen-bond donors (Lipinski definition) is 2. The van der Waals surface area contributed by atoms with Crippen molar-refractivity contribution in [3.8, 4) is 5.75 Å². The van der Waals surface area contributed by atoms with Gasteiger partial charge in [-0.1, -0.05) is 67.5 Å². The second-order valence-corrected chi connectivity index (χ2v) is 9.19. The van der Waals surface area contributed by atoms with Crippen LogP contribution in [0.25, 0.3) is 0 Å². The zero-order valence-electron chi connectivity index (χ0n) is 18.5. The monoisotopic (exact) mass is 473 g/mol. The van der Waals surface area contributed by atoms with Gasteiger partial charge in [-0.05, 0) is 41.7 Å². The number of aryl methyl sites for hydroxylation is 1. The average Bonchev–Trinajstić information content (AvgIpc) is 3.11. The van der Waals surface area contributed by atoms with E-state index < -0.39 is 0 Å². The van der Waals surface area contributed by atoms with Crippen molar-refractivity contribution in [1.82, 2.24) is 20.2 Å². The number of benzene rings is 2. The van der Waals surface area contributed by atoms with Gasteiger partial charge in [0.1, 0.15) is 12.4 Å². The summed E-state index contributed by atoms with van der Waals surface area (Å²) in [5, 5.41) is 12.3. The highest BCUT2D eigenvalue weighted by atomic mass is 35.5. The lowest BCUT2D eigenvalue weighted by Gasteiger charge is -2.14. The van der Waals surface area contributed by atoms with E-state index in [0.717, 1.165) is 22.4 Å². The molecule has 3 N–H and O–H groups in total. The van der Waals surface area contributed by atoms with Crippen molar-refractivity contribution in [2.45, 2.75) is 51.4 Å². The van der Waals surface area contributed by atoms with Crippen molar-refractivity contribution in [2.24, 2.45) is 0 Å². The summed E-state index contributed by atoms with van der Waals surface area (Å²) in [6.45, 7) is 6.90. The number of thioether (sulfide) groups is 1. The predicted octanol–water partition coefficient (Wildman–Crippen LogP) is 4.45. The second-order valence-electron chi connectivity index (χ2n) is 7.72. The minimum atomic E-state index is -0.0651. The van der Waals surface area contributed by atoms with Crippen molar-refractivity contribution < 1.29 is 9.53 Å². The molecule has 2 aromatic carbocycles. The normalized spacial score (nSPS) is 11.0. The smallest absolute Gasteiger partial charge is 0.221 e. The lowest BCUT2D eigenvalue weighted by molar-refractivity contribution is -0.120. The summed E-state index contributed by atoms with van der Waals surface area (Å²) in [7, 11) is 0. The first-order valence-electron chi connectivity index (χ1n) is 10.4. The van der Waals surface area contributed by atoms with E-state index in [2.05, 4.69) is 41.5 Å². The van der Waals surface area contributed by atoms with Crippen molar-refractivity contribution in [3.05, 3.63) is 70.0 Å². The summed E-state index contributed by atoms with van der Waals surface area (Å²) in [6, 6.07) is 13.6. The molecule has 3 aromatic rings. The molecule has 32 heavy (non-hydrogen) atoms. The number of aromatic nitrogens is 3. The van der Waals surface area contributed by atoms with Crippen molar-refractivity contribution in [1.29, 1.82) is 0 Å². The maximum absolute atomic E-state index is 12.1. The molecule has 1 amide bonds. The van der Waals surface area contributed by atoms with E-state index in [0.29, 0.717) is 40.6 Å². The van der Waals surface area contributed by atoms with Gasteiger partial charge >= 0.3 is 0 Å². The predicted molar refractivity (Wildman–Crippen MR) is 128 cm³/mol. The van der Waals surface area contributed by atoms with Crippen LogP contribution in [0, 0.1) is 6.92 Å². The third kappa shape index (κ3) is 6.40. The minimum absolute atomic E-state index is 0.0651. The maximum Gasteiger partial charge on any atom is 0.221 e. The first-order valence-corrected chi connectivity index (χ1v) is 11.8. The highest BCUT2D eigenvalue weighted by molar-refractivity contribution is 7.99. The number of amides is 1. The van der Waals surface area contributed by atoms with E-state index in [9.17, 15) is 4.79 Å². The van der Waals surface area contributed by atoms with Gasteiger partial charge in [-0.25, -0.2) is 4.68 Å². The Morgan fingerprint density at radius 1 is 1.25 bits per heavy atom. The number of ether oxygens (including phenoxy) is 1. The molecule has 9 heteroatoms. The Hall–Kier alpha value is -2.71. The van der Waals surface area contributed by atoms with Gasteiger partial charge in [0.2, 0.25) is 11.1 Å². The molecule has 1 heterocycles. The lowest BCUT2D eigenvalue weighted by Crippen LogP contribution is -2.23. The van der Waals surface area contributed by atoms with Crippen LogP contribution in [0.15, 0.2) is 47.6 Å². The summed E-state index contributed by atoms with van der Waals surface area (Å²) in [5.41, 5.74) is 3.15. The van der Waals surface area contributed by atoms with E-state index in [-0.39, 0.29) is 12.5 Å². The van der Waals surface area contributed by atoms with Crippen LogP contribution in [0.1, 0.15) is 48.7 Å². The van der Waals surface area contributed by atoms with Crippen LogP contribution in [0.4, 0.5) is 0 Å². The summed E-state index contributed by atoms with van der Waals surface area (Å²) >= 11 is 7.49. The molecule has 0 saturated heterocycles. The van der Waals surface area contributed by atoms with Gasteiger partial charge < -0.3 is 15.9 Å². The molecule has 0 aliphatic heterocycles. The number of nitrogens with one attached hydrogen (secondary N) is 1. The third-order valence-corrected chi connectivity index (χ3v) is 6.19. The molecule has 0 atom stereocenters. The van der Waals surface area contributed by atoms with Crippen LogP contribution >= 0.6 is 23.4 Å². The quantitative estimate of drug-likeness (QED) is 0.333. The molecule has 0 unspecified atom stereocenters. The molecule has 0 aliphatic carbocycles. The highest BCUT2D eigenvalue weighted by Crippen LogP contribution is 2.28. The van der Waals surface area contributed by atoms with Gasteiger partial charge in [-0.2, -0.15) is 0 Å². The molecular formula is C23H28ClN5O2S. The van der Waals surface area contributed by atoms with E-state index in [4.69, 9.17) is 22.2 Å². The van der Waals surface area contributed by atoms with Crippen molar-refractivity contribution in [2.75, 3.05) is 11.6 Å². The standard InChI is InChI=1S/C23H28ClN5O2S/c1-15(2)18-9-8-16(3)12-20(18)31-14-21-27-28-23(29(21)25)32-11-10-22(30)26-13-17-6-4-5-7-19(17)24/h4-9,12,15H,10-11,13-14,25H2,1-3H3,(H,26,30). The number of nitrogens with two attached hydrogens (primary N) is 1. The Labute approximate surface area is 197 Å². The van der Waals surface area contributed by atoms with Crippen LogP contribution in [0.5, 0.6) is 5.75 Å². The summed E-state index contributed by atoms with van der Waals surface area (Å²) in [5.74, 6) is 8.29. The van der Waals surface area contributed by atoms with E-state index >= 15 is 0 Å². The zero-order chi connectivity index (χ0) is 23.1. The zero-order valence-corrected chi connectivity index (χ0v) is 20.0. The maximum atomic E-state index is 12.1. The Bertz CT molecular complexity index is 1070. The molecule has 7 nitrogen and oxygen atoms in total.